The molecule has 0 radical (unpaired) electrons. The van der Waals surface area contributed by atoms with Crippen molar-refractivity contribution in [2.24, 2.45) is 0 Å². The van der Waals surface area contributed by atoms with Gasteiger partial charge in [0.15, 0.2) is 0 Å². The van der Waals surface area contributed by atoms with E-state index in [1.165, 1.54) is 0 Å². The maximum atomic E-state index is 12.2. The van der Waals surface area contributed by atoms with Crippen molar-refractivity contribution in [2.75, 3.05) is 26.1 Å². The summed E-state index contributed by atoms with van der Waals surface area (Å²) in [5.74, 6) is 1.72. The number of ether oxygens (including phenoxy) is 3. The summed E-state index contributed by atoms with van der Waals surface area (Å²) >= 11 is 6.34. The molecule has 0 saturated carbocycles. The molecule has 0 aromatic heterocycles. The zero-order valence-electron chi connectivity index (χ0n) is 14.4. The smallest absolute Gasteiger partial charge is 0.225 e. The summed E-state index contributed by atoms with van der Waals surface area (Å²) in [6.45, 7) is 2.45. The summed E-state index contributed by atoms with van der Waals surface area (Å²) in [5, 5.41) is 3.43. The molecule has 1 amide bonds. The van der Waals surface area contributed by atoms with Crippen molar-refractivity contribution < 1.29 is 19.0 Å². The number of carbonyl (C=O) groups is 1. The summed E-state index contributed by atoms with van der Waals surface area (Å²) in [7, 11) is 3.18. The first-order valence-corrected chi connectivity index (χ1v) is 8.43. The van der Waals surface area contributed by atoms with E-state index in [-0.39, 0.29) is 11.8 Å². The van der Waals surface area contributed by atoms with E-state index in [1.807, 2.05) is 31.2 Å². The zero-order valence-corrected chi connectivity index (χ0v) is 15.1. The molecule has 0 bridgehead atoms. The van der Waals surface area contributed by atoms with Gasteiger partial charge in [0.1, 0.15) is 17.2 Å². The van der Waals surface area contributed by atoms with Gasteiger partial charge in [-0.05, 0) is 24.6 Å². The van der Waals surface area contributed by atoms with E-state index < -0.39 is 0 Å². The molecule has 1 aliphatic heterocycles. The molecular weight excluding hydrogens is 342 g/mol. The molecular formula is C19H20ClNO4. The molecule has 5 nitrogen and oxygen atoms in total. The lowest BCUT2D eigenvalue weighted by Crippen LogP contribution is -2.24. The van der Waals surface area contributed by atoms with E-state index in [2.05, 4.69) is 5.32 Å². The highest BCUT2D eigenvalue weighted by Crippen LogP contribution is 2.45. The van der Waals surface area contributed by atoms with Crippen molar-refractivity contribution in [2.45, 2.75) is 19.3 Å². The van der Waals surface area contributed by atoms with Crippen molar-refractivity contribution in [3.63, 3.8) is 0 Å². The third-order valence-electron chi connectivity index (χ3n) is 4.24. The Balaban J connectivity index is 2.10. The Kier molecular flexibility index (Phi) is 5.04. The Bertz CT molecular complexity index is 806. The molecule has 0 fully saturated rings. The normalized spacial score (nSPS) is 16.0. The second-order valence-corrected chi connectivity index (χ2v) is 6.13. The molecule has 1 atom stereocenters. The van der Waals surface area contributed by atoms with Crippen LogP contribution >= 0.6 is 11.6 Å². The molecule has 0 aliphatic carbocycles. The molecule has 2 aromatic carbocycles. The molecule has 1 heterocycles. The molecule has 0 saturated heterocycles. The van der Waals surface area contributed by atoms with Crippen LogP contribution in [0.4, 0.5) is 5.69 Å². The van der Waals surface area contributed by atoms with Crippen LogP contribution in [0.5, 0.6) is 17.2 Å². The molecule has 2 aromatic rings. The van der Waals surface area contributed by atoms with Crippen molar-refractivity contribution in [3.8, 4) is 17.2 Å². The minimum Gasteiger partial charge on any atom is -0.497 e. The summed E-state index contributed by atoms with van der Waals surface area (Å²) in [4.78, 5) is 12.2. The maximum absolute atomic E-state index is 12.2. The van der Waals surface area contributed by atoms with Crippen LogP contribution in [0.15, 0.2) is 30.3 Å². The number of hydrogen-bond acceptors (Lipinski definition) is 4. The molecule has 1 N–H and O–H groups in total. The average Bonchev–Trinajstić information content (AvgIpc) is 2.61. The number of methoxy groups -OCH3 is 2. The Morgan fingerprint density at radius 1 is 1.16 bits per heavy atom. The highest BCUT2D eigenvalue weighted by molar-refractivity contribution is 6.32. The van der Waals surface area contributed by atoms with E-state index in [1.54, 1.807) is 20.3 Å². The van der Waals surface area contributed by atoms with Crippen LogP contribution in [0.3, 0.4) is 0 Å². The second-order valence-electron chi connectivity index (χ2n) is 5.72. The first-order chi connectivity index (χ1) is 12.1. The Morgan fingerprint density at radius 2 is 1.96 bits per heavy atom. The van der Waals surface area contributed by atoms with Gasteiger partial charge in [-0.3, -0.25) is 4.79 Å². The van der Waals surface area contributed by atoms with Crippen LogP contribution in [0.25, 0.3) is 0 Å². The van der Waals surface area contributed by atoms with Gasteiger partial charge in [-0.1, -0.05) is 17.7 Å². The lowest BCUT2D eigenvalue weighted by Gasteiger charge is -2.28. The van der Waals surface area contributed by atoms with Crippen LogP contribution in [0.1, 0.15) is 30.4 Å². The predicted molar refractivity (Wildman–Crippen MR) is 97.3 cm³/mol. The first-order valence-electron chi connectivity index (χ1n) is 8.05. The number of anilines is 1. The van der Waals surface area contributed by atoms with Crippen molar-refractivity contribution in [3.05, 3.63) is 46.5 Å². The van der Waals surface area contributed by atoms with E-state index in [0.717, 1.165) is 11.1 Å². The number of nitrogens with one attached hydrogen (secondary N) is 1. The fourth-order valence-electron chi connectivity index (χ4n) is 3.13. The van der Waals surface area contributed by atoms with Crippen molar-refractivity contribution in [1.29, 1.82) is 0 Å². The van der Waals surface area contributed by atoms with Crippen LogP contribution in [0, 0.1) is 0 Å². The van der Waals surface area contributed by atoms with Gasteiger partial charge in [0.2, 0.25) is 5.91 Å². The second kappa shape index (κ2) is 7.23. The summed E-state index contributed by atoms with van der Waals surface area (Å²) in [6, 6.07) is 9.25. The van der Waals surface area contributed by atoms with Gasteiger partial charge in [-0.25, -0.2) is 0 Å². The van der Waals surface area contributed by atoms with Gasteiger partial charge < -0.3 is 19.5 Å². The monoisotopic (exact) mass is 361 g/mol. The van der Waals surface area contributed by atoms with Crippen LogP contribution in [-0.4, -0.2) is 26.7 Å². The minimum atomic E-state index is -0.155. The van der Waals surface area contributed by atoms with Crippen LogP contribution in [0.2, 0.25) is 5.02 Å². The van der Waals surface area contributed by atoms with E-state index >= 15 is 0 Å². The predicted octanol–water partition coefficient (Wildman–Crippen LogP) is 4.23. The SMILES string of the molecule is CCOc1ccc(C2CC(=O)Nc3cc(OC)cc(OC)c32)cc1Cl. The number of benzene rings is 2. The van der Waals surface area contributed by atoms with Gasteiger partial charge >= 0.3 is 0 Å². The number of hydrogen-bond donors (Lipinski definition) is 1. The molecule has 1 aliphatic rings. The number of fused-ring (bicyclic) bond motifs is 1. The van der Waals surface area contributed by atoms with Crippen molar-refractivity contribution >= 4 is 23.2 Å². The fourth-order valence-corrected chi connectivity index (χ4v) is 3.37. The number of halogens is 1. The molecule has 25 heavy (non-hydrogen) atoms. The standard InChI is InChI=1S/C19H20ClNO4/c1-4-25-16-6-5-11(7-14(16)20)13-10-18(22)21-15-8-12(23-2)9-17(24-3)19(13)15/h5-9,13H,4,10H2,1-3H3,(H,21,22). The number of amides is 1. The van der Waals surface area contributed by atoms with Crippen LogP contribution in [-0.2, 0) is 4.79 Å². The Morgan fingerprint density at radius 3 is 2.60 bits per heavy atom. The summed E-state index contributed by atoms with van der Waals surface area (Å²) in [5.41, 5.74) is 2.55. The third kappa shape index (κ3) is 3.37. The largest absolute Gasteiger partial charge is 0.497 e. The molecule has 3 rings (SSSR count). The van der Waals surface area contributed by atoms with E-state index in [4.69, 9.17) is 25.8 Å². The quantitative estimate of drug-likeness (QED) is 0.865. The topological polar surface area (TPSA) is 56.8 Å². The number of carbonyl (C=O) groups excluding carboxylic acids is 1. The summed E-state index contributed by atoms with van der Waals surface area (Å²) < 4.78 is 16.3. The van der Waals surface area contributed by atoms with E-state index in [0.29, 0.717) is 41.0 Å². The molecule has 132 valence electrons. The van der Waals surface area contributed by atoms with Gasteiger partial charge in [-0.2, -0.15) is 0 Å². The van der Waals surface area contributed by atoms with E-state index in [9.17, 15) is 4.79 Å². The maximum Gasteiger partial charge on any atom is 0.225 e. The highest BCUT2D eigenvalue weighted by atomic mass is 35.5. The number of rotatable bonds is 5. The Hall–Kier alpha value is -2.40. The van der Waals surface area contributed by atoms with Gasteiger partial charge in [-0.15, -0.1) is 0 Å². The van der Waals surface area contributed by atoms with Crippen LogP contribution < -0.4 is 19.5 Å². The molecule has 6 heteroatoms. The van der Waals surface area contributed by atoms with Gasteiger partial charge in [0.05, 0.1) is 31.5 Å². The summed E-state index contributed by atoms with van der Waals surface area (Å²) in [6.07, 6.45) is 0.319. The Labute approximate surface area is 151 Å². The highest BCUT2D eigenvalue weighted by Gasteiger charge is 2.30. The van der Waals surface area contributed by atoms with Gasteiger partial charge in [0.25, 0.3) is 0 Å². The molecule has 0 spiro atoms. The lowest BCUT2D eigenvalue weighted by atomic mass is 9.84. The van der Waals surface area contributed by atoms with Crippen molar-refractivity contribution in [1.82, 2.24) is 0 Å². The zero-order chi connectivity index (χ0) is 18.0. The average molecular weight is 362 g/mol. The van der Waals surface area contributed by atoms with Gasteiger partial charge in [0, 0.05) is 30.0 Å². The fraction of sp³-hybridized carbons (Fsp3) is 0.316. The molecule has 1 unspecified atom stereocenters. The lowest BCUT2D eigenvalue weighted by molar-refractivity contribution is -0.116. The first kappa shape index (κ1) is 17.4. The minimum absolute atomic E-state index is 0.0576. The third-order valence-corrected chi connectivity index (χ3v) is 4.54.